The number of carbonyl (C=O) groups is 1. The molecule has 0 radical (unpaired) electrons. The Kier molecular flexibility index (Phi) is 7.82. The normalized spacial score (nSPS) is 12.3. The summed E-state index contributed by atoms with van der Waals surface area (Å²) in [6.45, 7) is 5.41. The fraction of sp³-hybridized carbons (Fsp3) is 0.533. The second-order valence-corrected chi connectivity index (χ2v) is 9.19. The lowest BCUT2D eigenvalue weighted by Crippen LogP contribution is -2.03. The molecule has 1 atom stereocenters. The van der Waals surface area contributed by atoms with Crippen LogP contribution in [0.5, 0.6) is 0 Å². The smallest absolute Gasteiger partial charge is 0.206 e. The minimum atomic E-state index is 0.0742. The average molecular weight is 390 g/mol. The molecule has 2 rings (SSSR count). The number of anilines is 1. The Morgan fingerprint density at radius 2 is 2.22 bits per heavy atom. The lowest BCUT2D eigenvalue weighted by molar-refractivity contribution is 0.102. The van der Waals surface area contributed by atoms with Crippen LogP contribution in [0.2, 0.25) is 4.34 Å². The zero-order valence-electron chi connectivity index (χ0n) is 13.2. The van der Waals surface area contributed by atoms with Crippen molar-refractivity contribution in [3.63, 3.8) is 0 Å². The molecule has 0 aliphatic heterocycles. The second-order valence-electron chi connectivity index (χ2n) is 5.27. The molecule has 0 amide bonds. The van der Waals surface area contributed by atoms with Gasteiger partial charge in [0.1, 0.15) is 0 Å². The van der Waals surface area contributed by atoms with Gasteiger partial charge in [0.2, 0.25) is 5.13 Å². The lowest BCUT2D eigenvalue weighted by atomic mass is 10.0. The van der Waals surface area contributed by atoms with Crippen molar-refractivity contribution >= 4 is 57.0 Å². The fourth-order valence-electron chi connectivity index (χ4n) is 1.85. The summed E-state index contributed by atoms with van der Waals surface area (Å²) in [6.07, 6.45) is 3.58. The number of halogens is 1. The van der Waals surface area contributed by atoms with Crippen molar-refractivity contribution in [2.45, 2.75) is 37.4 Å². The van der Waals surface area contributed by atoms with Gasteiger partial charge in [-0.2, -0.15) is 0 Å². The van der Waals surface area contributed by atoms with Gasteiger partial charge in [0.15, 0.2) is 10.1 Å². The summed E-state index contributed by atoms with van der Waals surface area (Å²) in [5.41, 5.74) is 0. The van der Waals surface area contributed by atoms with Crippen LogP contribution in [-0.4, -0.2) is 28.3 Å². The summed E-state index contributed by atoms with van der Waals surface area (Å²) in [6, 6.07) is 3.51. The van der Waals surface area contributed by atoms with E-state index in [1.165, 1.54) is 47.3 Å². The number of aromatic nitrogens is 2. The zero-order valence-corrected chi connectivity index (χ0v) is 16.4. The number of hydrogen-bond donors (Lipinski definition) is 1. The largest absolute Gasteiger partial charge is 0.360 e. The number of nitrogens with one attached hydrogen (secondary N) is 1. The first kappa shape index (κ1) is 18.7. The van der Waals surface area contributed by atoms with Crippen molar-refractivity contribution < 1.29 is 4.79 Å². The summed E-state index contributed by atoms with van der Waals surface area (Å²) in [5, 5.41) is 12.3. The van der Waals surface area contributed by atoms with Crippen LogP contribution in [-0.2, 0) is 0 Å². The van der Waals surface area contributed by atoms with E-state index in [4.69, 9.17) is 11.6 Å². The molecular formula is C15H20ClN3OS3. The quantitative estimate of drug-likeness (QED) is 0.332. The Bertz CT molecular complexity index is 629. The van der Waals surface area contributed by atoms with Crippen LogP contribution in [0.3, 0.4) is 0 Å². The molecular weight excluding hydrogens is 370 g/mol. The third-order valence-electron chi connectivity index (χ3n) is 3.43. The molecule has 0 fully saturated rings. The first-order valence-electron chi connectivity index (χ1n) is 7.57. The third-order valence-corrected chi connectivity index (χ3v) is 6.71. The van der Waals surface area contributed by atoms with Crippen LogP contribution >= 0.6 is 46.0 Å². The van der Waals surface area contributed by atoms with E-state index in [-0.39, 0.29) is 5.78 Å². The highest BCUT2D eigenvalue weighted by Crippen LogP contribution is 2.28. The van der Waals surface area contributed by atoms with Crippen LogP contribution in [0.1, 0.15) is 42.8 Å². The molecule has 2 heterocycles. The number of Topliss-reactive ketones (excluding diaryl/α,β-unsaturated/α-hetero) is 1. The topological polar surface area (TPSA) is 54.9 Å². The van der Waals surface area contributed by atoms with Crippen LogP contribution in [0.4, 0.5) is 5.13 Å². The molecule has 2 aromatic rings. The van der Waals surface area contributed by atoms with Gasteiger partial charge in [0, 0.05) is 6.54 Å². The number of ketones is 1. The van der Waals surface area contributed by atoms with Gasteiger partial charge in [0.05, 0.1) is 15.0 Å². The predicted molar refractivity (Wildman–Crippen MR) is 101 cm³/mol. The number of hydrogen-bond acceptors (Lipinski definition) is 7. The molecule has 0 saturated carbocycles. The molecule has 8 heteroatoms. The zero-order chi connectivity index (χ0) is 16.7. The minimum absolute atomic E-state index is 0.0742. The van der Waals surface area contributed by atoms with Crippen LogP contribution in [0.25, 0.3) is 0 Å². The highest BCUT2D eigenvalue weighted by molar-refractivity contribution is 8.01. The van der Waals surface area contributed by atoms with Gasteiger partial charge in [-0.05, 0) is 30.9 Å². The third kappa shape index (κ3) is 6.41. The summed E-state index contributed by atoms with van der Waals surface area (Å²) < 4.78 is 1.45. The molecule has 23 heavy (non-hydrogen) atoms. The van der Waals surface area contributed by atoms with Crippen molar-refractivity contribution in [3.8, 4) is 0 Å². The predicted octanol–water partition coefficient (Wildman–Crippen LogP) is 5.47. The van der Waals surface area contributed by atoms with E-state index in [0.717, 1.165) is 28.4 Å². The standard InChI is InChI=1S/C15H20ClN3OS3/c1-3-10(2)5-4-8-17-14-18-19-15(23-14)21-9-11(20)12-6-7-13(16)22-12/h6-7,10H,3-5,8-9H2,1-2H3,(H,17,18). The number of rotatable bonds is 10. The van der Waals surface area contributed by atoms with E-state index in [9.17, 15) is 4.79 Å². The molecule has 0 aliphatic rings. The van der Waals surface area contributed by atoms with Crippen molar-refractivity contribution in [1.29, 1.82) is 0 Å². The maximum atomic E-state index is 12.0. The molecule has 2 aromatic heterocycles. The van der Waals surface area contributed by atoms with Crippen LogP contribution in [0.15, 0.2) is 16.5 Å². The van der Waals surface area contributed by atoms with Crippen molar-refractivity contribution in [1.82, 2.24) is 10.2 Å². The molecule has 1 N–H and O–H groups in total. The number of carbonyl (C=O) groups excluding carboxylic acids is 1. The van der Waals surface area contributed by atoms with Crippen molar-refractivity contribution in [3.05, 3.63) is 21.3 Å². The number of thioether (sulfide) groups is 1. The molecule has 0 spiro atoms. The Labute approximate surface area is 154 Å². The maximum Gasteiger partial charge on any atom is 0.206 e. The highest BCUT2D eigenvalue weighted by atomic mass is 35.5. The summed E-state index contributed by atoms with van der Waals surface area (Å²) in [7, 11) is 0. The first-order valence-corrected chi connectivity index (χ1v) is 10.6. The van der Waals surface area contributed by atoms with E-state index in [2.05, 4.69) is 29.4 Å². The molecule has 0 aromatic carbocycles. The number of nitrogens with zero attached hydrogens (tertiary/aromatic N) is 2. The van der Waals surface area contributed by atoms with Gasteiger partial charge < -0.3 is 5.32 Å². The highest BCUT2D eigenvalue weighted by Gasteiger charge is 2.12. The van der Waals surface area contributed by atoms with Gasteiger partial charge in [-0.1, -0.05) is 55.0 Å². The summed E-state index contributed by atoms with van der Waals surface area (Å²) in [4.78, 5) is 12.7. The van der Waals surface area contributed by atoms with Crippen LogP contribution < -0.4 is 5.32 Å². The number of thiophene rings is 1. The molecule has 0 bridgehead atoms. The SMILES string of the molecule is CCC(C)CCCNc1nnc(SCC(=O)c2ccc(Cl)s2)s1. The molecule has 0 aliphatic carbocycles. The van der Waals surface area contributed by atoms with E-state index in [1.807, 2.05) is 0 Å². The van der Waals surface area contributed by atoms with Gasteiger partial charge in [-0.3, -0.25) is 4.79 Å². The average Bonchev–Trinajstić information content (AvgIpc) is 3.18. The van der Waals surface area contributed by atoms with Gasteiger partial charge in [0.25, 0.3) is 0 Å². The Morgan fingerprint density at radius 3 is 2.91 bits per heavy atom. The summed E-state index contributed by atoms with van der Waals surface area (Å²) in [5.74, 6) is 1.21. The van der Waals surface area contributed by atoms with Crippen molar-refractivity contribution in [2.75, 3.05) is 17.6 Å². The summed E-state index contributed by atoms with van der Waals surface area (Å²) >= 11 is 10.1. The molecule has 1 unspecified atom stereocenters. The van der Waals surface area contributed by atoms with Gasteiger partial charge in [-0.15, -0.1) is 21.5 Å². The first-order chi connectivity index (χ1) is 11.1. The van der Waals surface area contributed by atoms with Gasteiger partial charge >= 0.3 is 0 Å². The Morgan fingerprint density at radius 1 is 1.39 bits per heavy atom. The fourth-order valence-corrected chi connectivity index (χ4v) is 4.58. The molecule has 4 nitrogen and oxygen atoms in total. The molecule has 0 saturated heterocycles. The Hall–Kier alpha value is -0.630. The van der Waals surface area contributed by atoms with E-state index in [0.29, 0.717) is 15.0 Å². The lowest BCUT2D eigenvalue weighted by Gasteiger charge is -2.07. The van der Waals surface area contributed by atoms with Crippen molar-refractivity contribution in [2.24, 2.45) is 5.92 Å². The van der Waals surface area contributed by atoms with Crippen LogP contribution in [0, 0.1) is 5.92 Å². The van der Waals surface area contributed by atoms with E-state index in [1.54, 1.807) is 12.1 Å². The maximum absolute atomic E-state index is 12.0. The minimum Gasteiger partial charge on any atom is -0.360 e. The Balaban J connectivity index is 1.71. The van der Waals surface area contributed by atoms with E-state index >= 15 is 0 Å². The second kappa shape index (κ2) is 9.61. The van der Waals surface area contributed by atoms with Gasteiger partial charge in [-0.25, -0.2) is 0 Å². The van der Waals surface area contributed by atoms with E-state index < -0.39 is 0 Å². The monoisotopic (exact) mass is 389 g/mol. The molecule has 126 valence electrons.